The molecule has 0 bridgehead atoms. The quantitative estimate of drug-likeness (QED) is 0.889. The van der Waals surface area contributed by atoms with Gasteiger partial charge in [-0.3, -0.25) is 0 Å². The number of rotatable bonds is 2. The van der Waals surface area contributed by atoms with Gasteiger partial charge in [0.05, 0.1) is 5.54 Å². The second-order valence-electron chi connectivity index (χ2n) is 4.11. The van der Waals surface area contributed by atoms with E-state index in [9.17, 15) is 0 Å². The van der Waals surface area contributed by atoms with E-state index >= 15 is 0 Å². The second-order valence-corrected chi connectivity index (χ2v) is 5.89. The van der Waals surface area contributed by atoms with E-state index in [-0.39, 0.29) is 0 Å². The lowest BCUT2D eigenvalue weighted by molar-refractivity contribution is 0.610. The molecule has 84 valence electrons. The van der Waals surface area contributed by atoms with Crippen molar-refractivity contribution in [3.05, 3.63) is 56.2 Å². The first-order valence-corrected chi connectivity index (χ1v) is 6.79. The van der Waals surface area contributed by atoms with Crippen molar-refractivity contribution in [2.45, 2.75) is 19.4 Å². The minimum absolute atomic E-state index is 0.432. The molecule has 1 aromatic heterocycles. The van der Waals surface area contributed by atoms with Gasteiger partial charge in [0.2, 0.25) is 0 Å². The third-order valence-electron chi connectivity index (χ3n) is 2.77. The molecule has 16 heavy (non-hydrogen) atoms. The van der Waals surface area contributed by atoms with Crippen LogP contribution in [0.3, 0.4) is 0 Å². The predicted octanol–water partition coefficient (Wildman–Crippen LogP) is 4.04. The molecule has 0 aliphatic heterocycles. The van der Waals surface area contributed by atoms with Gasteiger partial charge in [0, 0.05) is 9.35 Å². The lowest BCUT2D eigenvalue weighted by atomic mass is 9.90. The van der Waals surface area contributed by atoms with Crippen molar-refractivity contribution >= 4 is 27.3 Å². The van der Waals surface area contributed by atoms with Gasteiger partial charge in [-0.05, 0) is 42.5 Å². The minimum atomic E-state index is -0.432. The zero-order valence-corrected chi connectivity index (χ0v) is 11.7. The Morgan fingerprint density at radius 3 is 2.50 bits per heavy atom. The summed E-state index contributed by atoms with van der Waals surface area (Å²) in [6.07, 6.45) is 0. The zero-order chi connectivity index (χ0) is 11.8. The molecule has 0 aliphatic rings. The molecular weight excluding hydrogens is 282 g/mol. The summed E-state index contributed by atoms with van der Waals surface area (Å²) in [5, 5.41) is 2.09. The van der Waals surface area contributed by atoms with E-state index in [1.807, 2.05) is 18.2 Å². The fourth-order valence-corrected chi connectivity index (χ4v) is 3.62. The number of aryl methyl sites for hydroxylation is 1. The summed E-state index contributed by atoms with van der Waals surface area (Å²) < 4.78 is 1.06. The number of hydrogen-bond donors (Lipinski definition) is 1. The van der Waals surface area contributed by atoms with Crippen molar-refractivity contribution in [3.8, 4) is 0 Å². The maximum atomic E-state index is 6.49. The van der Waals surface area contributed by atoms with Gasteiger partial charge in [-0.1, -0.05) is 34.1 Å². The van der Waals surface area contributed by atoms with E-state index in [0.717, 1.165) is 10.0 Å². The summed E-state index contributed by atoms with van der Waals surface area (Å²) in [6, 6.07) is 10.2. The standard InChI is InChI=1S/C13H14BrNS/c1-9-7-8-16-12(9)13(2,15)10-5-3-4-6-11(10)14/h3-8H,15H2,1-2H3. The molecule has 2 N–H and O–H groups in total. The highest BCUT2D eigenvalue weighted by Gasteiger charge is 2.28. The SMILES string of the molecule is Cc1ccsc1C(C)(N)c1ccccc1Br. The van der Waals surface area contributed by atoms with Crippen molar-refractivity contribution in [1.29, 1.82) is 0 Å². The summed E-state index contributed by atoms with van der Waals surface area (Å²) in [4.78, 5) is 1.22. The van der Waals surface area contributed by atoms with Crippen LogP contribution in [0.2, 0.25) is 0 Å². The first kappa shape index (κ1) is 11.8. The molecular formula is C13H14BrNS. The largest absolute Gasteiger partial charge is 0.317 e. The molecule has 0 spiro atoms. The van der Waals surface area contributed by atoms with Gasteiger partial charge in [-0.15, -0.1) is 11.3 Å². The molecule has 0 radical (unpaired) electrons. The topological polar surface area (TPSA) is 26.0 Å². The molecule has 1 nitrogen and oxygen atoms in total. The van der Waals surface area contributed by atoms with Gasteiger partial charge in [0.25, 0.3) is 0 Å². The molecule has 0 saturated carbocycles. The lowest BCUT2D eigenvalue weighted by Crippen LogP contribution is -2.34. The van der Waals surface area contributed by atoms with Gasteiger partial charge in [-0.2, -0.15) is 0 Å². The highest BCUT2D eigenvalue weighted by Crippen LogP contribution is 2.36. The summed E-state index contributed by atoms with van der Waals surface area (Å²) in [6.45, 7) is 4.17. The van der Waals surface area contributed by atoms with Crippen LogP contribution in [-0.4, -0.2) is 0 Å². The van der Waals surface area contributed by atoms with Gasteiger partial charge in [0.15, 0.2) is 0 Å². The first-order valence-electron chi connectivity index (χ1n) is 5.12. The Morgan fingerprint density at radius 2 is 1.94 bits per heavy atom. The smallest absolute Gasteiger partial charge is 0.0744 e. The lowest BCUT2D eigenvalue weighted by Gasteiger charge is -2.26. The number of hydrogen-bond acceptors (Lipinski definition) is 2. The van der Waals surface area contributed by atoms with E-state index in [4.69, 9.17) is 5.73 Å². The number of halogens is 1. The van der Waals surface area contributed by atoms with Crippen LogP contribution >= 0.6 is 27.3 Å². The third kappa shape index (κ3) is 1.95. The molecule has 1 heterocycles. The average molecular weight is 296 g/mol. The van der Waals surface area contributed by atoms with Gasteiger partial charge in [-0.25, -0.2) is 0 Å². The van der Waals surface area contributed by atoms with Crippen LogP contribution < -0.4 is 5.73 Å². The summed E-state index contributed by atoms with van der Waals surface area (Å²) >= 11 is 5.28. The van der Waals surface area contributed by atoms with Gasteiger partial charge in [0.1, 0.15) is 0 Å². The molecule has 2 rings (SSSR count). The summed E-state index contributed by atoms with van der Waals surface area (Å²) in [7, 11) is 0. The Kier molecular flexibility index (Phi) is 3.19. The van der Waals surface area contributed by atoms with Crippen LogP contribution in [0.1, 0.15) is 22.9 Å². The van der Waals surface area contributed by atoms with E-state index in [1.165, 1.54) is 10.4 Å². The van der Waals surface area contributed by atoms with Gasteiger partial charge < -0.3 is 5.73 Å². The highest BCUT2D eigenvalue weighted by atomic mass is 79.9. The van der Waals surface area contributed by atoms with E-state index in [1.54, 1.807) is 11.3 Å². The fraction of sp³-hybridized carbons (Fsp3) is 0.231. The highest BCUT2D eigenvalue weighted by molar-refractivity contribution is 9.10. The molecule has 0 saturated heterocycles. The van der Waals surface area contributed by atoms with Crippen LogP contribution in [-0.2, 0) is 5.54 Å². The number of benzene rings is 1. The first-order chi connectivity index (χ1) is 7.53. The number of nitrogens with two attached hydrogens (primary N) is 1. The predicted molar refractivity (Wildman–Crippen MR) is 73.8 cm³/mol. The van der Waals surface area contributed by atoms with Crippen LogP contribution in [0, 0.1) is 6.92 Å². The zero-order valence-electron chi connectivity index (χ0n) is 9.33. The summed E-state index contributed by atoms with van der Waals surface area (Å²) in [5.41, 5.74) is 8.43. The van der Waals surface area contributed by atoms with Crippen molar-refractivity contribution < 1.29 is 0 Å². The Hall–Kier alpha value is -0.640. The Labute approximate surface area is 108 Å². The molecule has 1 aromatic carbocycles. The normalized spacial score (nSPS) is 14.8. The molecule has 0 fully saturated rings. The van der Waals surface area contributed by atoms with Crippen molar-refractivity contribution in [1.82, 2.24) is 0 Å². The summed E-state index contributed by atoms with van der Waals surface area (Å²) in [5.74, 6) is 0. The molecule has 1 atom stereocenters. The number of thiophene rings is 1. The Balaban J connectivity index is 2.55. The van der Waals surface area contributed by atoms with E-state index in [0.29, 0.717) is 0 Å². The van der Waals surface area contributed by atoms with Crippen molar-refractivity contribution in [2.24, 2.45) is 5.73 Å². The minimum Gasteiger partial charge on any atom is -0.317 e. The molecule has 1 unspecified atom stereocenters. The fourth-order valence-electron chi connectivity index (χ4n) is 1.91. The second kappa shape index (κ2) is 4.32. The molecule has 2 aromatic rings. The van der Waals surface area contributed by atoms with Crippen LogP contribution in [0.4, 0.5) is 0 Å². The maximum absolute atomic E-state index is 6.49. The van der Waals surface area contributed by atoms with Crippen LogP contribution in [0.25, 0.3) is 0 Å². The maximum Gasteiger partial charge on any atom is 0.0744 e. The Morgan fingerprint density at radius 1 is 1.25 bits per heavy atom. The van der Waals surface area contributed by atoms with Crippen LogP contribution in [0.15, 0.2) is 40.2 Å². The molecule has 0 aliphatic carbocycles. The third-order valence-corrected chi connectivity index (χ3v) is 4.71. The Bertz CT molecular complexity index is 502. The molecule has 3 heteroatoms. The average Bonchev–Trinajstić information content (AvgIpc) is 2.65. The van der Waals surface area contributed by atoms with Gasteiger partial charge >= 0.3 is 0 Å². The van der Waals surface area contributed by atoms with E-state index in [2.05, 4.69) is 47.3 Å². The monoisotopic (exact) mass is 295 g/mol. The van der Waals surface area contributed by atoms with Crippen LogP contribution in [0.5, 0.6) is 0 Å². The molecule has 0 amide bonds. The van der Waals surface area contributed by atoms with Crippen molar-refractivity contribution in [2.75, 3.05) is 0 Å². The van der Waals surface area contributed by atoms with Crippen molar-refractivity contribution in [3.63, 3.8) is 0 Å². The van der Waals surface area contributed by atoms with E-state index < -0.39 is 5.54 Å².